The predicted molar refractivity (Wildman–Crippen MR) is 48.4 cm³/mol. The molecule has 7 heteroatoms. The Balaban J connectivity index is 2.97. The zero-order valence-corrected chi connectivity index (χ0v) is 8.76. The van der Waals surface area contributed by atoms with E-state index in [1.54, 1.807) is 22.6 Å². The largest absolute Gasteiger partial charge is 0.573 e. The Morgan fingerprint density at radius 3 is 2.57 bits per heavy atom. The van der Waals surface area contributed by atoms with Crippen LogP contribution in [0.2, 0.25) is 0 Å². The normalized spacial score (nSPS) is 11.5. The first-order chi connectivity index (χ1) is 6.42. The van der Waals surface area contributed by atoms with Gasteiger partial charge in [0.05, 0.1) is 6.20 Å². The Kier molecular flexibility index (Phi) is 3.51. The number of hydrogen-bond acceptors (Lipinski definition) is 2. The van der Waals surface area contributed by atoms with Crippen molar-refractivity contribution in [2.45, 2.75) is 13.0 Å². The molecule has 1 heterocycles. The van der Waals surface area contributed by atoms with Gasteiger partial charge in [-0.05, 0) is 28.7 Å². The Morgan fingerprint density at radius 1 is 1.43 bits per heavy atom. The number of aromatic nitrogens is 1. The van der Waals surface area contributed by atoms with E-state index < -0.39 is 18.8 Å². The summed E-state index contributed by atoms with van der Waals surface area (Å²) in [6, 6.07) is 1.20. The molecule has 0 amide bonds. The number of alkyl halides is 4. The van der Waals surface area contributed by atoms with Crippen molar-refractivity contribution in [1.82, 2.24) is 4.98 Å². The highest BCUT2D eigenvalue weighted by molar-refractivity contribution is 14.1. The second kappa shape index (κ2) is 4.28. The van der Waals surface area contributed by atoms with E-state index in [1.165, 1.54) is 6.07 Å². The predicted octanol–water partition coefficient (Wildman–Crippen LogP) is 3.05. The summed E-state index contributed by atoms with van der Waals surface area (Å²) in [4.78, 5) is 3.57. The molecule has 0 saturated heterocycles. The number of ether oxygens (including phenoxy) is 1. The van der Waals surface area contributed by atoms with Crippen LogP contribution in [-0.2, 0) is 6.67 Å². The minimum atomic E-state index is -4.82. The number of nitrogens with zero attached hydrogens (tertiary/aromatic N) is 1. The fourth-order valence-electron chi connectivity index (χ4n) is 0.776. The van der Waals surface area contributed by atoms with Crippen molar-refractivity contribution in [3.8, 4) is 5.75 Å². The Morgan fingerprint density at radius 2 is 2.07 bits per heavy atom. The lowest BCUT2D eigenvalue weighted by atomic mass is 10.3. The average molecular weight is 321 g/mol. The summed E-state index contributed by atoms with van der Waals surface area (Å²) < 4.78 is 51.6. The molecule has 1 aromatic heterocycles. The fourth-order valence-corrected chi connectivity index (χ4v) is 1.29. The highest BCUT2D eigenvalue weighted by Crippen LogP contribution is 2.26. The molecule has 0 fully saturated rings. The average Bonchev–Trinajstić information content (AvgIpc) is 2.06. The first-order valence-corrected chi connectivity index (χ1v) is 4.46. The summed E-state index contributed by atoms with van der Waals surface area (Å²) >= 11 is 1.77. The molecular weight excluding hydrogens is 317 g/mol. The molecule has 0 aliphatic rings. The molecule has 0 aliphatic heterocycles. The molecule has 0 unspecified atom stereocenters. The first-order valence-electron chi connectivity index (χ1n) is 3.38. The van der Waals surface area contributed by atoms with E-state index in [0.29, 0.717) is 3.70 Å². The molecule has 78 valence electrons. The lowest BCUT2D eigenvalue weighted by Gasteiger charge is -2.10. The summed E-state index contributed by atoms with van der Waals surface area (Å²) in [6.07, 6.45) is -3.97. The third-order valence-electron chi connectivity index (χ3n) is 1.28. The van der Waals surface area contributed by atoms with Gasteiger partial charge in [0.1, 0.15) is 10.4 Å². The van der Waals surface area contributed by atoms with E-state index in [0.717, 1.165) is 6.20 Å². The maximum Gasteiger partial charge on any atom is 0.573 e. The minimum Gasteiger partial charge on any atom is -0.404 e. The van der Waals surface area contributed by atoms with E-state index in [4.69, 9.17) is 0 Å². The molecule has 0 radical (unpaired) electrons. The van der Waals surface area contributed by atoms with Crippen LogP contribution in [0.3, 0.4) is 0 Å². The molecule has 0 spiro atoms. The number of rotatable bonds is 2. The molecule has 0 N–H and O–H groups in total. The molecule has 1 rings (SSSR count). The molecule has 2 nitrogen and oxygen atoms in total. The highest BCUT2D eigenvalue weighted by atomic mass is 127. The zero-order chi connectivity index (χ0) is 10.8. The van der Waals surface area contributed by atoms with Gasteiger partial charge in [-0.2, -0.15) is 0 Å². The molecule has 0 atom stereocenters. The van der Waals surface area contributed by atoms with Crippen LogP contribution >= 0.6 is 22.6 Å². The van der Waals surface area contributed by atoms with Gasteiger partial charge in [0.2, 0.25) is 0 Å². The molecule has 0 saturated carbocycles. The van der Waals surface area contributed by atoms with Gasteiger partial charge in [0, 0.05) is 5.56 Å². The van der Waals surface area contributed by atoms with Crippen LogP contribution in [0.1, 0.15) is 5.56 Å². The summed E-state index contributed by atoms with van der Waals surface area (Å²) in [7, 11) is 0. The fraction of sp³-hybridized carbons (Fsp3) is 0.286. The second-order valence-corrected chi connectivity index (χ2v) is 3.40. The van der Waals surface area contributed by atoms with Crippen LogP contribution in [0, 0.1) is 3.70 Å². The molecule has 0 bridgehead atoms. The quantitative estimate of drug-likeness (QED) is 0.474. The summed E-state index contributed by atoms with van der Waals surface area (Å²) in [5.41, 5.74) is -0.165. The van der Waals surface area contributed by atoms with Crippen LogP contribution in [0.25, 0.3) is 0 Å². The number of pyridine rings is 1. The number of hydrogen-bond donors (Lipinski definition) is 0. The summed E-state index contributed by atoms with van der Waals surface area (Å²) in [6.45, 7) is -1.02. The van der Waals surface area contributed by atoms with E-state index in [2.05, 4.69) is 9.72 Å². The molecule has 1 aromatic rings. The van der Waals surface area contributed by atoms with Gasteiger partial charge in [-0.3, -0.25) is 0 Å². The van der Waals surface area contributed by atoms with Crippen LogP contribution in [0.15, 0.2) is 12.3 Å². The molecule has 0 aromatic carbocycles. The third kappa shape index (κ3) is 3.28. The second-order valence-electron chi connectivity index (χ2n) is 2.30. The van der Waals surface area contributed by atoms with Gasteiger partial charge < -0.3 is 4.74 Å². The summed E-state index contributed by atoms with van der Waals surface area (Å²) in [5.74, 6) is -0.597. The van der Waals surface area contributed by atoms with E-state index in [1.807, 2.05) is 0 Å². The van der Waals surface area contributed by atoms with Crippen molar-refractivity contribution >= 4 is 22.6 Å². The maximum atomic E-state index is 12.3. The maximum absolute atomic E-state index is 12.3. The Labute approximate surface area is 90.4 Å². The molecule has 0 aliphatic carbocycles. The third-order valence-corrected chi connectivity index (χ3v) is 1.87. The van der Waals surface area contributed by atoms with E-state index >= 15 is 0 Å². The van der Waals surface area contributed by atoms with Crippen molar-refractivity contribution in [1.29, 1.82) is 0 Å². The van der Waals surface area contributed by atoms with Crippen LogP contribution in [0.5, 0.6) is 5.75 Å². The van der Waals surface area contributed by atoms with E-state index in [9.17, 15) is 17.6 Å². The van der Waals surface area contributed by atoms with Gasteiger partial charge in [0.15, 0.2) is 5.75 Å². The van der Waals surface area contributed by atoms with Crippen molar-refractivity contribution in [3.05, 3.63) is 21.5 Å². The van der Waals surface area contributed by atoms with Gasteiger partial charge >= 0.3 is 6.36 Å². The molecular formula is C7H4F4INO. The Hall–Kier alpha value is -0.600. The van der Waals surface area contributed by atoms with Crippen LogP contribution < -0.4 is 4.74 Å². The van der Waals surface area contributed by atoms with E-state index in [-0.39, 0.29) is 5.56 Å². The number of halogens is 5. The molecule has 14 heavy (non-hydrogen) atoms. The lowest BCUT2D eigenvalue weighted by molar-refractivity contribution is -0.275. The monoisotopic (exact) mass is 321 g/mol. The lowest BCUT2D eigenvalue weighted by Crippen LogP contribution is -2.18. The van der Waals surface area contributed by atoms with Gasteiger partial charge in [0.25, 0.3) is 0 Å². The van der Waals surface area contributed by atoms with Crippen molar-refractivity contribution < 1.29 is 22.3 Å². The SMILES string of the molecule is FCc1cc(I)ncc1OC(F)(F)F. The topological polar surface area (TPSA) is 22.1 Å². The van der Waals surface area contributed by atoms with Crippen molar-refractivity contribution in [3.63, 3.8) is 0 Å². The van der Waals surface area contributed by atoms with Crippen LogP contribution in [0.4, 0.5) is 17.6 Å². The van der Waals surface area contributed by atoms with Crippen molar-refractivity contribution in [2.75, 3.05) is 0 Å². The van der Waals surface area contributed by atoms with Gasteiger partial charge in [-0.15, -0.1) is 13.2 Å². The van der Waals surface area contributed by atoms with Crippen LogP contribution in [-0.4, -0.2) is 11.3 Å². The first kappa shape index (κ1) is 11.5. The van der Waals surface area contributed by atoms with Crippen molar-refractivity contribution in [2.24, 2.45) is 0 Å². The minimum absolute atomic E-state index is 0.165. The van der Waals surface area contributed by atoms with Gasteiger partial charge in [-0.25, -0.2) is 9.37 Å². The Bertz CT molecular complexity index is 328. The zero-order valence-electron chi connectivity index (χ0n) is 6.61. The highest BCUT2D eigenvalue weighted by Gasteiger charge is 2.32. The summed E-state index contributed by atoms with van der Waals surface area (Å²) in [5, 5.41) is 0. The smallest absolute Gasteiger partial charge is 0.404 e. The van der Waals surface area contributed by atoms with Gasteiger partial charge in [-0.1, -0.05) is 0 Å². The standard InChI is InChI=1S/C7H4F4INO/c8-2-4-1-6(12)13-3-5(4)14-7(9,10)11/h1,3H,2H2.